The lowest BCUT2D eigenvalue weighted by Gasteiger charge is -2.10. The summed E-state index contributed by atoms with van der Waals surface area (Å²) < 4.78 is 0. The smallest absolute Gasteiger partial charge is 0.231 e. The van der Waals surface area contributed by atoms with Gasteiger partial charge in [0.2, 0.25) is 11.0 Å². The van der Waals surface area contributed by atoms with E-state index in [0.29, 0.717) is 6.42 Å². The molecule has 1 aromatic carbocycles. The second-order valence-corrected chi connectivity index (χ2v) is 7.03. The van der Waals surface area contributed by atoms with E-state index >= 15 is 0 Å². The number of para-hydroxylation sites is 2. The molecule has 0 spiro atoms. The van der Waals surface area contributed by atoms with Gasteiger partial charge in [-0.2, -0.15) is 0 Å². The van der Waals surface area contributed by atoms with Crippen LogP contribution in [0.1, 0.15) is 12.1 Å². The van der Waals surface area contributed by atoms with Crippen LogP contribution in [-0.4, -0.2) is 38.5 Å². The minimum Gasteiger partial charge on any atom is -0.345 e. The maximum atomic E-state index is 12.0. The summed E-state index contributed by atoms with van der Waals surface area (Å²) in [4.78, 5) is 32.5. The summed E-state index contributed by atoms with van der Waals surface area (Å²) in [5, 5.41) is 3.58. The van der Waals surface area contributed by atoms with Crippen molar-refractivity contribution in [2.45, 2.75) is 24.4 Å². The van der Waals surface area contributed by atoms with Crippen molar-refractivity contribution in [1.82, 2.24) is 15.3 Å². The lowest BCUT2D eigenvalue weighted by Crippen LogP contribution is -2.38. The SMILES string of the molecule is Cc1nc2ccccc2nc1SCC(=O)N[C@H]1CCSC1=O. The van der Waals surface area contributed by atoms with Crippen LogP contribution >= 0.6 is 23.5 Å². The topological polar surface area (TPSA) is 72.0 Å². The Balaban J connectivity index is 1.64. The predicted octanol–water partition coefficient (Wildman–Crippen LogP) is 2.18. The van der Waals surface area contributed by atoms with Crippen LogP contribution in [0.5, 0.6) is 0 Å². The molecule has 1 amide bonds. The van der Waals surface area contributed by atoms with Crippen molar-refractivity contribution >= 4 is 45.6 Å². The van der Waals surface area contributed by atoms with E-state index in [4.69, 9.17) is 0 Å². The fourth-order valence-corrected chi connectivity index (χ4v) is 3.91. The van der Waals surface area contributed by atoms with Gasteiger partial charge in [0, 0.05) is 5.75 Å². The van der Waals surface area contributed by atoms with E-state index < -0.39 is 0 Å². The summed E-state index contributed by atoms with van der Waals surface area (Å²) in [7, 11) is 0. The number of thioether (sulfide) groups is 2. The standard InChI is InChI=1S/C15H15N3O2S2/c1-9-14(18-11-5-3-2-4-10(11)16-9)22-8-13(19)17-12-6-7-21-15(12)20/h2-5,12H,6-8H2,1H3,(H,17,19)/t12-/m0/s1. The van der Waals surface area contributed by atoms with Crippen LogP contribution < -0.4 is 5.32 Å². The van der Waals surface area contributed by atoms with Gasteiger partial charge in [0.15, 0.2) is 0 Å². The van der Waals surface area contributed by atoms with Crippen LogP contribution in [0.25, 0.3) is 11.0 Å². The van der Waals surface area contributed by atoms with Gasteiger partial charge in [-0.25, -0.2) is 9.97 Å². The molecule has 5 nitrogen and oxygen atoms in total. The quantitative estimate of drug-likeness (QED) is 0.865. The van der Waals surface area contributed by atoms with Gasteiger partial charge in [-0.1, -0.05) is 35.7 Å². The third kappa shape index (κ3) is 3.41. The van der Waals surface area contributed by atoms with Gasteiger partial charge >= 0.3 is 0 Å². The van der Waals surface area contributed by atoms with E-state index in [1.54, 1.807) is 0 Å². The van der Waals surface area contributed by atoms with Gasteiger partial charge in [0.25, 0.3) is 0 Å². The summed E-state index contributed by atoms with van der Waals surface area (Å²) >= 11 is 2.63. The second kappa shape index (κ2) is 6.66. The molecule has 1 aliphatic rings. The number of aryl methyl sites for hydroxylation is 1. The molecular formula is C15H15N3O2S2. The number of hydrogen-bond acceptors (Lipinski definition) is 6. The first-order valence-corrected chi connectivity index (χ1v) is 8.93. The second-order valence-electron chi connectivity index (χ2n) is 4.97. The Hall–Kier alpha value is -1.60. The van der Waals surface area contributed by atoms with Crippen LogP contribution in [-0.2, 0) is 9.59 Å². The Kier molecular flexibility index (Phi) is 4.63. The van der Waals surface area contributed by atoms with Gasteiger partial charge < -0.3 is 5.32 Å². The minimum absolute atomic E-state index is 0.0556. The number of nitrogens with one attached hydrogen (secondary N) is 1. The third-order valence-corrected chi connectivity index (χ3v) is 5.39. The first-order chi connectivity index (χ1) is 10.6. The largest absolute Gasteiger partial charge is 0.345 e. The molecule has 2 aromatic rings. The van der Waals surface area contributed by atoms with Crippen LogP contribution in [0, 0.1) is 6.92 Å². The normalized spacial score (nSPS) is 17.9. The number of aromatic nitrogens is 2. The number of benzene rings is 1. The van der Waals surface area contributed by atoms with Gasteiger partial charge in [-0.15, -0.1) is 0 Å². The predicted molar refractivity (Wildman–Crippen MR) is 89.0 cm³/mol. The number of rotatable bonds is 4. The van der Waals surface area contributed by atoms with Crippen molar-refractivity contribution in [2.24, 2.45) is 0 Å². The molecule has 114 valence electrons. The van der Waals surface area contributed by atoms with E-state index in [9.17, 15) is 9.59 Å². The Morgan fingerprint density at radius 1 is 1.36 bits per heavy atom. The van der Waals surface area contributed by atoms with Crippen LogP contribution in [0.4, 0.5) is 0 Å². The molecule has 0 aliphatic carbocycles. The molecule has 1 saturated heterocycles. The molecule has 22 heavy (non-hydrogen) atoms. The molecule has 1 aliphatic heterocycles. The van der Waals surface area contributed by atoms with Gasteiger partial charge in [-0.3, -0.25) is 9.59 Å². The summed E-state index contributed by atoms with van der Waals surface area (Å²) in [5.41, 5.74) is 2.48. The van der Waals surface area contributed by atoms with Crippen LogP contribution in [0.15, 0.2) is 29.3 Å². The Morgan fingerprint density at radius 3 is 2.77 bits per heavy atom. The van der Waals surface area contributed by atoms with Gasteiger partial charge in [-0.05, 0) is 25.5 Å². The van der Waals surface area contributed by atoms with Crippen LogP contribution in [0.2, 0.25) is 0 Å². The van der Waals surface area contributed by atoms with E-state index in [0.717, 1.165) is 27.5 Å². The molecule has 7 heteroatoms. The molecular weight excluding hydrogens is 318 g/mol. The summed E-state index contributed by atoms with van der Waals surface area (Å²) in [6.07, 6.45) is 0.717. The van der Waals surface area contributed by atoms with Crippen LogP contribution in [0.3, 0.4) is 0 Å². The molecule has 2 heterocycles. The van der Waals surface area contributed by atoms with E-state index in [-0.39, 0.29) is 22.8 Å². The average molecular weight is 333 g/mol. The van der Waals surface area contributed by atoms with Crippen molar-refractivity contribution in [3.8, 4) is 0 Å². The highest BCUT2D eigenvalue weighted by Crippen LogP contribution is 2.23. The molecule has 0 saturated carbocycles. The maximum absolute atomic E-state index is 12.0. The summed E-state index contributed by atoms with van der Waals surface area (Å²) in [6, 6.07) is 7.33. The molecule has 1 atom stereocenters. The first-order valence-electron chi connectivity index (χ1n) is 6.95. The third-order valence-electron chi connectivity index (χ3n) is 3.31. The summed E-state index contributed by atoms with van der Waals surface area (Å²) in [5.74, 6) is 0.884. The maximum Gasteiger partial charge on any atom is 0.231 e. The summed E-state index contributed by atoms with van der Waals surface area (Å²) in [6.45, 7) is 1.89. The Morgan fingerprint density at radius 2 is 2.09 bits per heavy atom. The van der Waals surface area contributed by atoms with Gasteiger partial charge in [0.1, 0.15) is 5.03 Å². The number of carbonyl (C=O) groups is 2. The van der Waals surface area contributed by atoms with Crippen molar-refractivity contribution in [1.29, 1.82) is 0 Å². The van der Waals surface area contributed by atoms with Crippen molar-refractivity contribution < 1.29 is 9.59 Å². The number of hydrogen-bond donors (Lipinski definition) is 1. The Labute approximate surface area is 136 Å². The molecule has 0 bridgehead atoms. The highest BCUT2D eigenvalue weighted by molar-refractivity contribution is 8.14. The highest BCUT2D eigenvalue weighted by Gasteiger charge is 2.26. The molecule has 1 aromatic heterocycles. The highest BCUT2D eigenvalue weighted by atomic mass is 32.2. The molecule has 3 rings (SSSR count). The zero-order valence-electron chi connectivity index (χ0n) is 12.0. The lowest BCUT2D eigenvalue weighted by atomic mass is 10.2. The number of nitrogens with zero attached hydrogens (tertiary/aromatic N) is 2. The Bertz CT molecular complexity index is 736. The number of carbonyl (C=O) groups excluding carboxylic acids is 2. The fraction of sp³-hybridized carbons (Fsp3) is 0.333. The monoisotopic (exact) mass is 333 g/mol. The molecule has 1 fully saturated rings. The zero-order chi connectivity index (χ0) is 15.5. The number of fused-ring (bicyclic) bond motifs is 1. The van der Waals surface area contributed by atoms with E-state index in [1.807, 2.05) is 31.2 Å². The molecule has 1 N–H and O–H groups in total. The van der Waals surface area contributed by atoms with E-state index in [2.05, 4.69) is 15.3 Å². The minimum atomic E-state index is -0.332. The number of amides is 1. The lowest BCUT2D eigenvalue weighted by molar-refractivity contribution is -0.122. The first kappa shape index (κ1) is 15.3. The molecule has 0 unspecified atom stereocenters. The van der Waals surface area contributed by atoms with Gasteiger partial charge in [0.05, 0.1) is 28.5 Å². The van der Waals surface area contributed by atoms with Crippen molar-refractivity contribution in [2.75, 3.05) is 11.5 Å². The zero-order valence-corrected chi connectivity index (χ0v) is 13.7. The molecule has 0 radical (unpaired) electrons. The average Bonchev–Trinajstić information content (AvgIpc) is 2.90. The van der Waals surface area contributed by atoms with E-state index in [1.165, 1.54) is 23.5 Å². The fourth-order valence-electron chi connectivity index (χ4n) is 2.21. The van der Waals surface area contributed by atoms with Crippen molar-refractivity contribution in [3.05, 3.63) is 30.0 Å². The van der Waals surface area contributed by atoms with Crippen molar-refractivity contribution in [3.63, 3.8) is 0 Å².